The first-order chi connectivity index (χ1) is 6.72. The molecule has 1 aliphatic rings. The molecule has 3 N–H and O–H groups in total. The molecule has 1 rings (SSSR count). The van der Waals surface area contributed by atoms with Gasteiger partial charge in [0.1, 0.15) is 0 Å². The Bertz CT molecular complexity index is 176. The molecule has 1 aliphatic carbocycles. The molecule has 0 aromatic rings. The van der Waals surface area contributed by atoms with Gasteiger partial charge in [-0.05, 0) is 38.6 Å². The Morgan fingerprint density at radius 1 is 1.50 bits per heavy atom. The van der Waals surface area contributed by atoms with Crippen LogP contribution in [0, 0.1) is 5.92 Å². The zero-order valence-corrected chi connectivity index (χ0v) is 9.09. The minimum Gasteiger partial charge on any atom is -0.354 e. The maximum atomic E-state index is 11.5. The third-order valence-corrected chi connectivity index (χ3v) is 2.96. The number of carbonyl (C=O) groups excluding carboxylic acids is 1. The van der Waals surface area contributed by atoms with Gasteiger partial charge in [0.25, 0.3) is 0 Å². The fourth-order valence-electron chi connectivity index (χ4n) is 2.13. The third kappa shape index (κ3) is 4.09. The van der Waals surface area contributed by atoms with Crippen molar-refractivity contribution in [3.8, 4) is 0 Å². The summed E-state index contributed by atoms with van der Waals surface area (Å²) in [5, 5.41) is 2.99. The molecular formula is C11H22N2O. The second-order valence-corrected chi connectivity index (χ2v) is 4.40. The maximum Gasteiger partial charge on any atom is 0.220 e. The summed E-state index contributed by atoms with van der Waals surface area (Å²) >= 11 is 0. The molecule has 0 spiro atoms. The van der Waals surface area contributed by atoms with Crippen molar-refractivity contribution >= 4 is 5.91 Å². The molecule has 1 saturated carbocycles. The lowest BCUT2D eigenvalue weighted by atomic mass is 10.0. The first kappa shape index (κ1) is 11.5. The van der Waals surface area contributed by atoms with E-state index in [1.54, 1.807) is 0 Å². The number of carbonyl (C=O) groups is 1. The van der Waals surface area contributed by atoms with Gasteiger partial charge >= 0.3 is 0 Å². The van der Waals surface area contributed by atoms with Gasteiger partial charge in [0, 0.05) is 12.5 Å². The lowest BCUT2D eigenvalue weighted by Gasteiger charge is -2.14. The van der Waals surface area contributed by atoms with E-state index in [2.05, 4.69) is 5.32 Å². The second kappa shape index (κ2) is 6.02. The Morgan fingerprint density at radius 2 is 2.14 bits per heavy atom. The van der Waals surface area contributed by atoms with Crippen molar-refractivity contribution < 1.29 is 4.79 Å². The molecule has 0 aromatic carbocycles. The Balaban J connectivity index is 2.14. The Labute approximate surface area is 86.4 Å². The highest BCUT2D eigenvalue weighted by atomic mass is 16.1. The number of hydrogen-bond acceptors (Lipinski definition) is 2. The van der Waals surface area contributed by atoms with E-state index >= 15 is 0 Å². The van der Waals surface area contributed by atoms with Crippen LogP contribution in [0.1, 0.15) is 45.4 Å². The zero-order chi connectivity index (χ0) is 10.4. The lowest BCUT2D eigenvalue weighted by Crippen LogP contribution is -2.34. The molecule has 0 saturated heterocycles. The van der Waals surface area contributed by atoms with E-state index < -0.39 is 0 Å². The number of rotatable bonds is 5. The smallest absolute Gasteiger partial charge is 0.220 e. The van der Waals surface area contributed by atoms with Gasteiger partial charge in [0.15, 0.2) is 0 Å². The van der Waals surface area contributed by atoms with E-state index in [1.807, 2.05) is 6.92 Å². The third-order valence-electron chi connectivity index (χ3n) is 2.96. The monoisotopic (exact) mass is 198 g/mol. The number of nitrogens with one attached hydrogen (secondary N) is 1. The summed E-state index contributed by atoms with van der Waals surface area (Å²) < 4.78 is 0. The largest absolute Gasteiger partial charge is 0.354 e. The molecule has 82 valence electrons. The molecule has 0 aliphatic heterocycles. The Kier molecular flexibility index (Phi) is 4.94. The average molecular weight is 198 g/mol. The van der Waals surface area contributed by atoms with Crippen LogP contribution in [-0.4, -0.2) is 18.5 Å². The summed E-state index contributed by atoms with van der Waals surface area (Å²) in [7, 11) is 0. The van der Waals surface area contributed by atoms with Crippen molar-refractivity contribution in [3.05, 3.63) is 0 Å². The fourth-order valence-corrected chi connectivity index (χ4v) is 2.13. The zero-order valence-electron chi connectivity index (χ0n) is 9.09. The molecule has 3 heteroatoms. The molecule has 0 heterocycles. The minimum absolute atomic E-state index is 0.206. The van der Waals surface area contributed by atoms with E-state index in [0.717, 1.165) is 12.8 Å². The Hall–Kier alpha value is -0.570. The summed E-state index contributed by atoms with van der Waals surface area (Å²) in [6.45, 7) is 2.66. The van der Waals surface area contributed by atoms with Crippen molar-refractivity contribution in [1.82, 2.24) is 5.32 Å². The van der Waals surface area contributed by atoms with Gasteiger partial charge in [0.2, 0.25) is 5.91 Å². The molecule has 14 heavy (non-hydrogen) atoms. The van der Waals surface area contributed by atoms with E-state index in [-0.39, 0.29) is 11.9 Å². The topological polar surface area (TPSA) is 55.1 Å². The standard InChI is InChI=1S/C11H22N2O/c1-9(6-7-12)13-11(14)8-10-4-2-3-5-10/h9-10H,2-8,12H2,1H3,(H,13,14). The lowest BCUT2D eigenvalue weighted by molar-refractivity contribution is -0.122. The Morgan fingerprint density at radius 3 is 2.71 bits per heavy atom. The predicted molar refractivity (Wildman–Crippen MR) is 57.9 cm³/mol. The van der Waals surface area contributed by atoms with Crippen molar-refractivity contribution in [2.45, 2.75) is 51.5 Å². The highest BCUT2D eigenvalue weighted by molar-refractivity contribution is 5.76. The molecular weight excluding hydrogens is 176 g/mol. The van der Waals surface area contributed by atoms with E-state index in [0.29, 0.717) is 12.5 Å². The van der Waals surface area contributed by atoms with E-state index in [1.165, 1.54) is 25.7 Å². The average Bonchev–Trinajstić information content (AvgIpc) is 2.56. The minimum atomic E-state index is 0.206. The van der Waals surface area contributed by atoms with Gasteiger partial charge in [-0.1, -0.05) is 12.8 Å². The van der Waals surface area contributed by atoms with Crippen molar-refractivity contribution in [2.75, 3.05) is 6.54 Å². The first-order valence-electron chi connectivity index (χ1n) is 5.71. The normalized spacial score (nSPS) is 19.6. The van der Waals surface area contributed by atoms with Gasteiger partial charge in [-0.25, -0.2) is 0 Å². The quantitative estimate of drug-likeness (QED) is 0.702. The van der Waals surface area contributed by atoms with Crippen molar-refractivity contribution in [1.29, 1.82) is 0 Å². The van der Waals surface area contributed by atoms with Gasteiger partial charge in [0.05, 0.1) is 0 Å². The first-order valence-corrected chi connectivity index (χ1v) is 5.71. The van der Waals surface area contributed by atoms with Crippen LogP contribution in [0.3, 0.4) is 0 Å². The van der Waals surface area contributed by atoms with Gasteiger partial charge in [-0.3, -0.25) is 4.79 Å². The number of hydrogen-bond donors (Lipinski definition) is 2. The van der Waals surface area contributed by atoms with E-state index in [4.69, 9.17) is 5.73 Å². The number of nitrogens with two attached hydrogens (primary N) is 1. The summed E-state index contributed by atoms with van der Waals surface area (Å²) in [5.41, 5.74) is 5.42. The second-order valence-electron chi connectivity index (χ2n) is 4.40. The molecule has 0 bridgehead atoms. The fraction of sp³-hybridized carbons (Fsp3) is 0.909. The SMILES string of the molecule is CC(CCN)NC(=O)CC1CCCC1. The van der Waals surface area contributed by atoms with Crippen LogP contribution in [0.15, 0.2) is 0 Å². The molecule has 0 radical (unpaired) electrons. The van der Waals surface area contributed by atoms with Crippen LogP contribution < -0.4 is 11.1 Å². The predicted octanol–water partition coefficient (Wildman–Crippen LogP) is 1.42. The van der Waals surface area contributed by atoms with E-state index in [9.17, 15) is 4.79 Å². The van der Waals surface area contributed by atoms with Crippen molar-refractivity contribution in [3.63, 3.8) is 0 Å². The summed E-state index contributed by atoms with van der Waals surface area (Å²) in [6, 6.07) is 0.230. The highest BCUT2D eigenvalue weighted by Crippen LogP contribution is 2.27. The molecule has 0 aromatic heterocycles. The molecule has 1 unspecified atom stereocenters. The summed E-state index contributed by atoms with van der Waals surface area (Å²) in [6.07, 6.45) is 6.66. The summed E-state index contributed by atoms with van der Waals surface area (Å²) in [4.78, 5) is 11.5. The van der Waals surface area contributed by atoms with Crippen LogP contribution in [0.25, 0.3) is 0 Å². The molecule has 1 amide bonds. The maximum absolute atomic E-state index is 11.5. The van der Waals surface area contributed by atoms with Gasteiger partial charge in [-0.2, -0.15) is 0 Å². The summed E-state index contributed by atoms with van der Waals surface area (Å²) in [5.74, 6) is 0.845. The van der Waals surface area contributed by atoms with Crippen LogP contribution in [0.2, 0.25) is 0 Å². The van der Waals surface area contributed by atoms with Gasteiger partial charge < -0.3 is 11.1 Å². The van der Waals surface area contributed by atoms with Crippen LogP contribution >= 0.6 is 0 Å². The molecule has 1 fully saturated rings. The van der Waals surface area contributed by atoms with Gasteiger partial charge in [-0.15, -0.1) is 0 Å². The van der Waals surface area contributed by atoms with Crippen LogP contribution in [-0.2, 0) is 4.79 Å². The molecule has 3 nitrogen and oxygen atoms in total. The van der Waals surface area contributed by atoms with Crippen LogP contribution in [0.4, 0.5) is 0 Å². The number of amides is 1. The molecule has 1 atom stereocenters. The van der Waals surface area contributed by atoms with Crippen molar-refractivity contribution in [2.24, 2.45) is 11.7 Å². The highest BCUT2D eigenvalue weighted by Gasteiger charge is 2.18. The van der Waals surface area contributed by atoms with Crippen LogP contribution in [0.5, 0.6) is 0 Å².